The van der Waals surface area contributed by atoms with Crippen molar-refractivity contribution in [3.05, 3.63) is 34.9 Å². The number of hydrogen-bond donors (Lipinski definition) is 1. The molecule has 2 nitrogen and oxygen atoms in total. The highest BCUT2D eigenvalue weighted by Crippen LogP contribution is 2.25. The number of halogens is 4. The smallest absolute Gasteiger partial charge is 0.388 e. The van der Waals surface area contributed by atoms with Crippen molar-refractivity contribution in [2.75, 3.05) is 19.6 Å². The first kappa shape index (κ1) is 17.3. The molecule has 0 saturated heterocycles. The molecule has 1 aromatic rings. The van der Waals surface area contributed by atoms with Crippen LogP contribution in [0.15, 0.2) is 24.3 Å². The molecule has 0 fully saturated rings. The highest BCUT2D eigenvalue weighted by molar-refractivity contribution is 6.31. The van der Waals surface area contributed by atoms with E-state index < -0.39 is 18.8 Å². The van der Waals surface area contributed by atoms with Gasteiger partial charge in [0.1, 0.15) is 0 Å². The Bertz CT molecular complexity index is 412. The molecular weight excluding hydrogens is 291 g/mol. The number of nitrogens with zero attached hydrogens (tertiary/aromatic N) is 1. The third-order valence-electron chi connectivity index (χ3n) is 2.93. The van der Waals surface area contributed by atoms with E-state index in [0.717, 1.165) is 0 Å². The van der Waals surface area contributed by atoms with Gasteiger partial charge in [-0.25, -0.2) is 0 Å². The van der Waals surface area contributed by atoms with Crippen LogP contribution in [0.2, 0.25) is 5.02 Å². The van der Waals surface area contributed by atoms with Crippen molar-refractivity contribution in [1.29, 1.82) is 0 Å². The topological polar surface area (TPSA) is 23.5 Å². The molecular formula is C14H19ClF3NO. The second-order valence-electron chi connectivity index (χ2n) is 4.72. The van der Waals surface area contributed by atoms with Crippen molar-refractivity contribution in [1.82, 2.24) is 4.90 Å². The highest BCUT2D eigenvalue weighted by Gasteiger charge is 2.30. The van der Waals surface area contributed by atoms with E-state index in [4.69, 9.17) is 11.6 Å². The number of hydrogen-bond acceptors (Lipinski definition) is 2. The maximum absolute atomic E-state index is 12.4. The lowest BCUT2D eigenvalue weighted by Gasteiger charge is -2.24. The summed E-state index contributed by atoms with van der Waals surface area (Å²) in [7, 11) is 0. The summed E-state index contributed by atoms with van der Waals surface area (Å²) in [5.41, 5.74) is 0.553. The minimum absolute atomic E-state index is 0.180. The van der Waals surface area contributed by atoms with Crippen molar-refractivity contribution in [3.63, 3.8) is 0 Å². The molecule has 0 heterocycles. The van der Waals surface area contributed by atoms with Crippen LogP contribution in [0.1, 0.15) is 31.4 Å². The second-order valence-corrected chi connectivity index (χ2v) is 5.12. The zero-order valence-electron chi connectivity index (χ0n) is 11.3. The van der Waals surface area contributed by atoms with Crippen molar-refractivity contribution < 1.29 is 18.3 Å². The zero-order chi connectivity index (χ0) is 15.2. The van der Waals surface area contributed by atoms with Gasteiger partial charge in [0.25, 0.3) is 0 Å². The maximum Gasteiger partial charge on any atom is 0.401 e. The summed E-state index contributed by atoms with van der Waals surface area (Å²) in [5, 5.41) is 10.5. The molecule has 1 N–H and O–H groups in total. The van der Waals surface area contributed by atoms with E-state index >= 15 is 0 Å². The van der Waals surface area contributed by atoms with Crippen LogP contribution in [0.25, 0.3) is 0 Å². The Hall–Kier alpha value is -0.780. The van der Waals surface area contributed by atoms with Crippen LogP contribution in [0.3, 0.4) is 0 Å². The monoisotopic (exact) mass is 309 g/mol. The summed E-state index contributed by atoms with van der Waals surface area (Å²) in [6, 6.07) is 6.82. The summed E-state index contributed by atoms with van der Waals surface area (Å²) < 4.78 is 37.2. The lowest BCUT2D eigenvalue weighted by atomic mass is 10.1. The Kier molecular flexibility index (Phi) is 6.79. The number of rotatable bonds is 7. The van der Waals surface area contributed by atoms with Gasteiger partial charge in [-0.05, 0) is 31.0 Å². The largest absolute Gasteiger partial charge is 0.401 e. The predicted molar refractivity (Wildman–Crippen MR) is 73.8 cm³/mol. The Labute approximate surface area is 122 Å². The van der Waals surface area contributed by atoms with Crippen molar-refractivity contribution in [2.45, 2.75) is 32.0 Å². The Morgan fingerprint density at radius 3 is 2.45 bits per heavy atom. The van der Waals surface area contributed by atoms with E-state index in [9.17, 15) is 18.3 Å². The molecule has 0 saturated carbocycles. The van der Waals surface area contributed by atoms with Gasteiger partial charge in [-0.2, -0.15) is 13.2 Å². The van der Waals surface area contributed by atoms with Gasteiger partial charge in [-0.3, -0.25) is 4.90 Å². The molecule has 0 aromatic heterocycles. The number of aliphatic hydroxyl groups excluding tert-OH is 1. The molecule has 1 unspecified atom stereocenters. The molecule has 0 radical (unpaired) electrons. The van der Waals surface area contributed by atoms with E-state index in [2.05, 4.69) is 0 Å². The molecule has 0 amide bonds. The van der Waals surface area contributed by atoms with Crippen molar-refractivity contribution in [2.24, 2.45) is 0 Å². The fourth-order valence-corrected chi connectivity index (χ4v) is 2.31. The van der Waals surface area contributed by atoms with E-state index in [-0.39, 0.29) is 13.0 Å². The van der Waals surface area contributed by atoms with E-state index in [1.807, 2.05) is 6.92 Å². The van der Waals surface area contributed by atoms with Crippen LogP contribution in [-0.2, 0) is 0 Å². The minimum Gasteiger partial charge on any atom is -0.388 e. The number of benzene rings is 1. The van der Waals surface area contributed by atoms with Gasteiger partial charge in [-0.1, -0.05) is 36.7 Å². The average molecular weight is 310 g/mol. The molecule has 1 atom stereocenters. The predicted octanol–water partition coefficient (Wildman–Crippen LogP) is 4.04. The van der Waals surface area contributed by atoms with Gasteiger partial charge in [-0.15, -0.1) is 0 Å². The van der Waals surface area contributed by atoms with Crippen molar-refractivity contribution in [3.8, 4) is 0 Å². The van der Waals surface area contributed by atoms with Crippen LogP contribution in [0, 0.1) is 0 Å². The Morgan fingerprint density at radius 2 is 1.90 bits per heavy atom. The first-order chi connectivity index (χ1) is 9.33. The Morgan fingerprint density at radius 1 is 1.25 bits per heavy atom. The molecule has 0 aliphatic heterocycles. The van der Waals surface area contributed by atoms with E-state index in [0.29, 0.717) is 23.6 Å². The molecule has 0 bridgehead atoms. The third-order valence-corrected chi connectivity index (χ3v) is 3.27. The van der Waals surface area contributed by atoms with Crippen LogP contribution in [0.4, 0.5) is 13.2 Å². The number of alkyl halides is 3. The molecule has 0 spiro atoms. The summed E-state index contributed by atoms with van der Waals surface area (Å²) >= 11 is 5.95. The molecule has 0 aliphatic carbocycles. The fourth-order valence-electron chi connectivity index (χ4n) is 2.05. The van der Waals surface area contributed by atoms with Gasteiger partial charge < -0.3 is 5.11 Å². The van der Waals surface area contributed by atoms with Crippen LogP contribution in [0.5, 0.6) is 0 Å². The highest BCUT2D eigenvalue weighted by atomic mass is 35.5. The van der Waals surface area contributed by atoms with Crippen molar-refractivity contribution >= 4 is 11.6 Å². The molecule has 1 rings (SSSR count). The molecule has 1 aromatic carbocycles. The fraction of sp³-hybridized carbons (Fsp3) is 0.571. The summed E-state index contributed by atoms with van der Waals surface area (Å²) in [5.74, 6) is 0. The van der Waals surface area contributed by atoms with Gasteiger partial charge in [0.05, 0.1) is 12.6 Å². The lowest BCUT2D eigenvalue weighted by Crippen LogP contribution is -2.36. The number of aliphatic hydroxyl groups is 1. The summed E-state index contributed by atoms with van der Waals surface area (Å²) in [6.07, 6.45) is -4.21. The van der Waals surface area contributed by atoms with E-state index in [1.165, 1.54) is 4.90 Å². The minimum atomic E-state index is -4.22. The Balaban J connectivity index is 2.56. The molecule has 0 aliphatic rings. The van der Waals surface area contributed by atoms with Crippen LogP contribution >= 0.6 is 11.6 Å². The third kappa shape index (κ3) is 6.11. The molecule has 6 heteroatoms. The standard InChI is InChI=1S/C14H19ClF3NO/c1-2-8-19(10-14(16,17)18)9-7-13(20)11-5-3-4-6-12(11)15/h3-6,13,20H,2,7-10H2,1H3. The van der Waals surface area contributed by atoms with Gasteiger partial charge >= 0.3 is 6.18 Å². The normalized spacial score (nSPS) is 13.8. The first-order valence-electron chi connectivity index (χ1n) is 6.55. The summed E-state index contributed by atoms with van der Waals surface area (Å²) in [6.45, 7) is 1.42. The van der Waals surface area contributed by atoms with E-state index in [1.54, 1.807) is 24.3 Å². The zero-order valence-corrected chi connectivity index (χ0v) is 12.1. The van der Waals surface area contributed by atoms with Gasteiger partial charge in [0, 0.05) is 11.6 Å². The maximum atomic E-state index is 12.4. The lowest BCUT2D eigenvalue weighted by molar-refractivity contribution is -0.146. The first-order valence-corrected chi connectivity index (χ1v) is 6.93. The average Bonchev–Trinajstić information content (AvgIpc) is 2.34. The quantitative estimate of drug-likeness (QED) is 0.822. The van der Waals surface area contributed by atoms with Crippen LogP contribution in [-0.4, -0.2) is 35.8 Å². The second kappa shape index (κ2) is 7.86. The molecule has 20 heavy (non-hydrogen) atoms. The summed E-state index contributed by atoms with van der Waals surface area (Å²) in [4.78, 5) is 1.31. The van der Waals surface area contributed by atoms with Gasteiger partial charge in [0.2, 0.25) is 0 Å². The molecule has 114 valence electrons. The SMILES string of the molecule is CCCN(CCC(O)c1ccccc1Cl)CC(F)(F)F. The van der Waals surface area contributed by atoms with Gasteiger partial charge in [0.15, 0.2) is 0 Å². The van der Waals surface area contributed by atoms with Crippen LogP contribution < -0.4 is 0 Å².